The number of hydrogen-bond acceptors (Lipinski definition) is 3. The number of aromatic hydroxyl groups is 1. The maximum atomic E-state index is 14.4. The summed E-state index contributed by atoms with van der Waals surface area (Å²) in [6, 6.07) is 8.94. The molecule has 3 nitrogen and oxygen atoms in total. The first-order chi connectivity index (χ1) is 9.88. The van der Waals surface area contributed by atoms with Crippen LogP contribution in [0.5, 0.6) is 11.5 Å². The SMILES string of the molecule is CC(=O)Oc1cc(O)c(Cc2ccc(C)cc2)c(F)c1C. The number of benzene rings is 2. The molecule has 2 rings (SSSR count). The zero-order valence-electron chi connectivity index (χ0n) is 12.2. The lowest BCUT2D eigenvalue weighted by Crippen LogP contribution is -2.05. The number of halogens is 1. The van der Waals surface area contributed by atoms with Gasteiger partial charge in [-0.15, -0.1) is 0 Å². The average molecular weight is 288 g/mol. The third kappa shape index (κ3) is 3.40. The van der Waals surface area contributed by atoms with Crippen molar-refractivity contribution in [2.24, 2.45) is 0 Å². The predicted octanol–water partition coefficient (Wildman–Crippen LogP) is 3.66. The van der Waals surface area contributed by atoms with Crippen molar-refractivity contribution < 1.29 is 19.0 Å². The number of carbonyl (C=O) groups excluding carboxylic acids is 1. The number of phenols is 1. The number of carbonyl (C=O) groups is 1. The Labute approximate surface area is 123 Å². The van der Waals surface area contributed by atoms with E-state index in [1.807, 2.05) is 31.2 Å². The van der Waals surface area contributed by atoms with E-state index in [2.05, 4.69) is 0 Å². The molecule has 0 bridgehead atoms. The molecule has 0 saturated carbocycles. The third-order valence-corrected chi connectivity index (χ3v) is 3.30. The van der Waals surface area contributed by atoms with Crippen molar-refractivity contribution in [2.45, 2.75) is 27.2 Å². The molecular weight excluding hydrogens is 271 g/mol. The number of ether oxygens (including phenoxy) is 1. The third-order valence-electron chi connectivity index (χ3n) is 3.30. The Morgan fingerprint density at radius 2 is 1.86 bits per heavy atom. The van der Waals surface area contributed by atoms with Gasteiger partial charge in [-0.25, -0.2) is 4.39 Å². The first-order valence-corrected chi connectivity index (χ1v) is 6.63. The molecule has 0 fully saturated rings. The first kappa shape index (κ1) is 15.0. The van der Waals surface area contributed by atoms with E-state index in [1.165, 1.54) is 19.9 Å². The fourth-order valence-electron chi connectivity index (χ4n) is 2.11. The minimum absolute atomic E-state index is 0.0464. The molecule has 110 valence electrons. The van der Waals surface area contributed by atoms with Crippen LogP contribution in [0.15, 0.2) is 30.3 Å². The summed E-state index contributed by atoms with van der Waals surface area (Å²) in [6.45, 7) is 4.72. The molecule has 0 aliphatic heterocycles. The summed E-state index contributed by atoms with van der Waals surface area (Å²) in [4.78, 5) is 11.0. The minimum Gasteiger partial charge on any atom is -0.507 e. The maximum Gasteiger partial charge on any atom is 0.308 e. The van der Waals surface area contributed by atoms with Crippen LogP contribution in [0.25, 0.3) is 0 Å². The van der Waals surface area contributed by atoms with Crippen LogP contribution in [0.1, 0.15) is 29.2 Å². The molecule has 0 aliphatic carbocycles. The van der Waals surface area contributed by atoms with E-state index in [0.717, 1.165) is 11.1 Å². The van der Waals surface area contributed by atoms with Crippen molar-refractivity contribution in [3.8, 4) is 11.5 Å². The summed E-state index contributed by atoms with van der Waals surface area (Å²) >= 11 is 0. The average Bonchev–Trinajstić information content (AvgIpc) is 2.42. The van der Waals surface area contributed by atoms with Crippen molar-refractivity contribution in [3.63, 3.8) is 0 Å². The number of rotatable bonds is 3. The number of esters is 1. The molecule has 0 aromatic heterocycles. The second kappa shape index (κ2) is 5.95. The highest BCUT2D eigenvalue weighted by molar-refractivity contribution is 5.70. The van der Waals surface area contributed by atoms with Gasteiger partial charge in [-0.1, -0.05) is 29.8 Å². The molecule has 0 unspecified atom stereocenters. The van der Waals surface area contributed by atoms with Gasteiger partial charge in [0.25, 0.3) is 0 Å². The van der Waals surface area contributed by atoms with Gasteiger partial charge in [0.1, 0.15) is 17.3 Å². The van der Waals surface area contributed by atoms with Crippen molar-refractivity contribution >= 4 is 5.97 Å². The highest BCUT2D eigenvalue weighted by Gasteiger charge is 2.17. The Kier molecular flexibility index (Phi) is 4.26. The van der Waals surface area contributed by atoms with Crippen LogP contribution in [0.4, 0.5) is 4.39 Å². The second-order valence-corrected chi connectivity index (χ2v) is 5.07. The molecule has 2 aromatic carbocycles. The van der Waals surface area contributed by atoms with E-state index < -0.39 is 11.8 Å². The van der Waals surface area contributed by atoms with E-state index >= 15 is 0 Å². The van der Waals surface area contributed by atoms with Gasteiger partial charge in [0.15, 0.2) is 0 Å². The van der Waals surface area contributed by atoms with Crippen LogP contribution in [-0.4, -0.2) is 11.1 Å². The standard InChI is InChI=1S/C17H17FO3/c1-10-4-6-13(7-5-10)8-14-15(20)9-16(21-12(3)19)11(2)17(14)18/h4-7,9,20H,8H2,1-3H3. The van der Waals surface area contributed by atoms with E-state index in [4.69, 9.17) is 4.74 Å². The summed E-state index contributed by atoms with van der Waals surface area (Å²) < 4.78 is 19.3. The molecule has 4 heteroatoms. The number of phenolic OH excluding ortho intramolecular Hbond substituents is 1. The van der Waals surface area contributed by atoms with Gasteiger partial charge in [-0.2, -0.15) is 0 Å². The van der Waals surface area contributed by atoms with Crippen molar-refractivity contribution in [1.82, 2.24) is 0 Å². The van der Waals surface area contributed by atoms with Crippen LogP contribution >= 0.6 is 0 Å². The molecule has 0 aliphatic rings. The Balaban J connectivity index is 2.38. The molecule has 2 aromatic rings. The number of aryl methyl sites for hydroxylation is 1. The largest absolute Gasteiger partial charge is 0.507 e. The monoisotopic (exact) mass is 288 g/mol. The van der Waals surface area contributed by atoms with E-state index in [0.29, 0.717) is 0 Å². The lowest BCUT2D eigenvalue weighted by molar-refractivity contribution is -0.131. The van der Waals surface area contributed by atoms with Crippen molar-refractivity contribution in [2.75, 3.05) is 0 Å². The molecular formula is C17H17FO3. The molecule has 1 N–H and O–H groups in total. The smallest absolute Gasteiger partial charge is 0.308 e. The predicted molar refractivity (Wildman–Crippen MR) is 78.1 cm³/mol. The molecule has 0 heterocycles. The van der Waals surface area contributed by atoms with Gasteiger partial charge in [-0.3, -0.25) is 4.79 Å². The van der Waals surface area contributed by atoms with Gasteiger partial charge in [-0.05, 0) is 19.4 Å². The van der Waals surface area contributed by atoms with Crippen LogP contribution in [-0.2, 0) is 11.2 Å². The van der Waals surface area contributed by atoms with Gasteiger partial charge in [0.05, 0.1) is 0 Å². The lowest BCUT2D eigenvalue weighted by Gasteiger charge is -2.13. The van der Waals surface area contributed by atoms with Crippen LogP contribution in [0, 0.1) is 19.7 Å². The molecule has 0 saturated heterocycles. The Morgan fingerprint density at radius 3 is 2.43 bits per heavy atom. The van der Waals surface area contributed by atoms with Gasteiger partial charge in [0, 0.05) is 30.5 Å². The van der Waals surface area contributed by atoms with Crippen LogP contribution < -0.4 is 4.74 Å². The maximum absolute atomic E-state index is 14.4. The fourth-order valence-corrected chi connectivity index (χ4v) is 2.11. The fraction of sp³-hybridized carbons (Fsp3) is 0.235. The Bertz CT molecular complexity index is 675. The summed E-state index contributed by atoms with van der Waals surface area (Å²) in [6.07, 6.45) is 0.277. The van der Waals surface area contributed by atoms with Crippen LogP contribution in [0.2, 0.25) is 0 Å². The first-order valence-electron chi connectivity index (χ1n) is 6.63. The van der Waals surface area contributed by atoms with E-state index in [-0.39, 0.29) is 29.0 Å². The molecule has 0 spiro atoms. The Morgan fingerprint density at radius 1 is 1.24 bits per heavy atom. The molecule has 0 radical (unpaired) electrons. The van der Waals surface area contributed by atoms with E-state index in [9.17, 15) is 14.3 Å². The highest BCUT2D eigenvalue weighted by atomic mass is 19.1. The van der Waals surface area contributed by atoms with Crippen molar-refractivity contribution in [1.29, 1.82) is 0 Å². The quantitative estimate of drug-likeness (QED) is 0.692. The zero-order valence-corrected chi connectivity index (χ0v) is 12.2. The minimum atomic E-state index is -0.553. The lowest BCUT2D eigenvalue weighted by atomic mass is 10.00. The van der Waals surface area contributed by atoms with Crippen molar-refractivity contribution in [3.05, 3.63) is 58.4 Å². The van der Waals surface area contributed by atoms with Crippen LogP contribution in [0.3, 0.4) is 0 Å². The summed E-state index contributed by atoms with van der Waals surface area (Å²) in [7, 11) is 0. The topological polar surface area (TPSA) is 46.5 Å². The van der Waals surface area contributed by atoms with Gasteiger partial charge >= 0.3 is 5.97 Å². The Hall–Kier alpha value is -2.36. The molecule has 21 heavy (non-hydrogen) atoms. The summed E-state index contributed by atoms with van der Waals surface area (Å²) in [5.41, 5.74) is 2.43. The molecule has 0 atom stereocenters. The summed E-state index contributed by atoms with van der Waals surface area (Å²) in [5, 5.41) is 9.99. The highest BCUT2D eigenvalue weighted by Crippen LogP contribution is 2.33. The molecule has 0 amide bonds. The van der Waals surface area contributed by atoms with Gasteiger partial charge < -0.3 is 9.84 Å². The van der Waals surface area contributed by atoms with Gasteiger partial charge in [0.2, 0.25) is 0 Å². The second-order valence-electron chi connectivity index (χ2n) is 5.07. The van der Waals surface area contributed by atoms with E-state index in [1.54, 1.807) is 0 Å². The number of hydrogen-bond donors (Lipinski definition) is 1. The normalized spacial score (nSPS) is 10.5. The summed E-state index contributed by atoms with van der Waals surface area (Å²) in [5.74, 6) is -1.27. The zero-order chi connectivity index (χ0) is 15.6.